The minimum absolute atomic E-state index is 0.864. The summed E-state index contributed by atoms with van der Waals surface area (Å²) in [5.74, 6) is 0. The maximum absolute atomic E-state index is 6.09. The number of benzene rings is 1. The molecule has 92 valence electrons. The molecule has 1 aliphatic rings. The molecule has 0 bridgehead atoms. The van der Waals surface area contributed by atoms with Gasteiger partial charge in [-0.25, -0.2) is 0 Å². The molecule has 2 rings (SSSR count). The maximum Gasteiger partial charge on any atom is 0.0438 e. The van der Waals surface area contributed by atoms with Crippen molar-refractivity contribution in [2.45, 2.75) is 39.2 Å². The van der Waals surface area contributed by atoms with Crippen molar-refractivity contribution < 1.29 is 0 Å². The average Bonchev–Trinajstić information content (AvgIpc) is 2.82. The number of halogens is 1. The van der Waals surface area contributed by atoms with Crippen molar-refractivity contribution >= 4 is 11.6 Å². The maximum atomic E-state index is 6.09. The fourth-order valence-corrected chi connectivity index (χ4v) is 2.40. The van der Waals surface area contributed by atoms with Crippen LogP contribution < -0.4 is 5.32 Å². The van der Waals surface area contributed by atoms with E-state index in [2.05, 4.69) is 29.6 Å². The van der Waals surface area contributed by atoms with Gasteiger partial charge in [-0.3, -0.25) is 0 Å². The van der Waals surface area contributed by atoms with Crippen LogP contribution in [-0.4, -0.2) is 6.54 Å². The Morgan fingerprint density at radius 1 is 1.35 bits per heavy atom. The van der Waals surface area contributed by atoms with Gasteiger partial charge in [0.2, 0.25) is 0 Å². The average molecular weight is 250 g/mol. The summed E-state index contributed by atoms with van der Waals surface area (Å²) < 4.78 is 0. The molecule has 1 nitrogen and oxygen atoms in total. The highest BCUT2D eigenvalue weighted by Gasteiger charge is 2.03. The van der Waals surface area contributed by atoms with Crippen LogP contribution in [0.5, 0.6) is 0 Å². The van der Waals surface area contributed by atoms with Crippen LogP contribution in [0.1, 0.15) is 36.8 Å². The summed E-state index contributed by atoms with van der Waals surface area (Å²) in [5.41, 5.74) is 4.03. The number of hydrogen-bond acceptors (Lipinski definition) is 1. The molecule has 17 heavy (non-hydrogen) atoms. The topological polar surface area (TPSA) is 12.0 Å². The minimum Gasteiger partial charge on any atom is -0.312 e. The molecule has 0 heterocycles. The molecule has 0 atom stereocenters. The standard InChI is InChI=1S/C15H20ClN/c1-12-6-7-14(10-15(12)16)11-17-9-8-13-4-2-3-5-13/h4,6-7,10,17H,2-3,5,8-9,11H2,1H3. The van der Waals surface area contributed by atoms with Crippen LogP contribution in [0.15, 0.2) is 29.8 Å². The Morgan fingerprint density at radius 3 is 2.94 bits per heavy atom. The van der Waals surface area contributed by atoms with E-state index in [9.17, 15) is 0 Å². The van der Waals surface area contributed by atoms with Gasteiger partial charge in [-0.05, 0) is 56.3 Å². The molecule has 1 aromatic rings. The molecule has 0 saturated carbocycles. The van der Waals surface area contributed by atoms with Crippen molar-refractivity contribution in [2.24, 2.45) is 0 Å². The van der Waals surface area contributed by atoms with Crippen molar-refractivity contribution in [2.75, 3.05) is 6.54 Å². The Hall–Kier alpha value is -0.790. The van der Waals surface area contributed by atoms with E-state index in [1.165, 1.54) is 31.2 Å². The summed E-state index contributed by atoms with van der Waals surface area (Å²) in [6.45, 7) is 4.01. The van der Waals surface area contributed by atoms with Crippen LogP contribution in [0.3, 0.4) is 0 Å². The molecule has 0 saturated heterocycles. The van der Waals surface area contributed by atoms with Gasteiger partial charge >= 0.3 is 0 Å². The number of hydrogen-bond donors (Lipinski definition) is 1. The third-order valence-electron chi connectivity index (χ3n) is 3.32. The number of aryl methyl sites for hydroxylation is 1. The summed E-state index contributed by atoms with van der Waals surface area (Å²) in [5, 5.41) is 4.34. The Balaban J connectivity index is 1.72. The molecule has 0 amide bonds. The van der Waals surface area contributed by atoms with Crippen molar-refractivity contribution in [3.63, 3.8) is 0 Å². The molecular weight excluding hydrogens is 230 g/mol. The molecule has 2 heteroatoms. The summed E-state index contributed by atoms with van der Waals surface area (Å²) in [4.78, 5) is 0. The number of rotatable bonds is 5. The van der Waals surface area contributed by atoms with Gasteiger partial charge in [0.15, 0.2) is 0 Å². The summed E-state index contributed by atoms with van der Waals surface area (Å²) in [6.07, 6.45) is 7.52. The second-order valence-corrected chi connectivity index (χ2v) is 5.17. The van der Waals surface area contributed by atoms with Crippen molar-refractivity contribution in [3.05, 3.63) is 46.0 Å². The summed E-state index contributed by atoms with van der Waals surface area (Å²) in [6, 6.07) is 6.28. The zero-order chi connectivity index (χ0) is 12.1. The summed E-state index contributed by atoms with van der Waals surface area (Å²) in [7, 11) is 0. The van der Waals surface area contributed by atoms with Crippen LogP contribution >= 0.6 is 11.6 Å². The van der Waals surface area contributed by atoms with Gasteiger partial charge in [0, 0.05) is 11.6 Å². The van der Waals surface area contributed by atoms with E-state index < -0.39 is 0 Å². The fourth-order valence-electron chi connectivity index (χ4n) is 2.19. The van der Waals surface area contributed by atoms with E-state index in [0.29, 0.717) is 0 Å². The lowest BCUT2D eigenvalue weighted by molar-refractivity contribution is 0.676. The molecule has 1 aromatic carbocycles. The fraction of sp³-hybridized carbons (Fsp3) is 0.467. The van der Waals surface area contributed by atoms with Crippen LogP contribution in [0.2, 0.25) is 5.02 Å². The van der Waals surface area contributed by atoms with Crippen LogP contribution in [0, 0.1) is 6.92 Å². The Kier molecular flexibility index (Phi) is 4.64. The zero-order valence-corrected chi connectivity index (χ0v) is 11.2. The van der Waals surface area contributed by atoms with Gasteiger partial charge < -0.3 is 5.32 Å². The van der Waals surface area contributed by atoms with E-state index >= 15 is 0 Å². The van der Waals surface area contributed by atoms with Gasteiger partial charge in [-0.2, -0.15) is 0 Å². The largest absolute Gasteiger partial charge is 0.312 e. The zero-order valence-electron chi connectivity index (χ0n) is 10.4. The van der Waals surface area contributed by atoms with Gasteiger partial charge in [0.05, 0.1) is 0 Å². The monoisotopic (exact) mass is 249 g/mol. The first-order valence-corrected chi connectivity index (χ1v) is 6.77. The number of nitrogens with one attached hydrogen (secondary N) is 1. The quantitative estimate of drug-likeness (QED) is 0.608. The molecule has 0 radical (unpaired) electrons. The second kappa shape index (κ2) is 6.23. The lowest BCUT2D eigenvalue weighted by Crippen LogP contribution is -2.15. The van der Waals surface area contributed by atoms with E-state index in [1.54, 1.807) is 5.57 Å². The van der Waals surface area contributed by atoms with Gasteiger partial charge in [-0.1, -0.05) is 35.4 Å². The Labute approximate surface area is 109 Å². The molecule has 1 aliphatic carbocycles. The van der Waals surface area contributed by atoms with Crippen LogP contribution in [0.25, 0.3) is 0 Å². The lowest BCUT2D eigenvalue weighted by atomic mass is 10.1. The van der Waals surface area contributed by atoms with Gasteiger partial charge in [-0.15, -0.1) is 0 Å². The lowest BCUT2D eigenvalue weighted by Gasteiger charge is -2.07. The Morgan fingerprint density at radius 2 is 2.24 bits per heavy atom. The first-order valence-electron chi connectivity index (χ1n) is 6.39. The normalized spacial score (nSPS) is 15.1. The first kappa shape index (κ1) is 12.7. The smallest absolute Gasteiger partial charge is 0.0438 e. The second-order valence-electron chi connectivity index (χ2n) is 4.76. The highest BCUT2D eigenvalue weighted by Crippen LogP contribution is 2.20. The van der Waals surface area contributed by atoms with Crippen molar-refractivity contribution in [1.29, 1.82) is 0 Å². The van der Waals surface area contributed by atoms with Crippen LogP contribution in [-0.2, 0) is 6.54 Å². The van der Waals surface area contributed by atoms with Crippen molar-refractivity contribution in [3.8, 4) is 0 Å². The molecule has 0 unspecified atom stereocenters. The molecule has 0 aromatic heterocycles. The van der Waals surface area contributed by atoms with E-state index in [1.807, 2.05) is 6.92 Å². The molecular formula is C15H20ClN. The highest BCUT2D eigenvalue weighted by molar-refractivity contribution is 6.31. The highest BCUT2D eigenvalue weighted by atomic mass is 35.5. The molecule has 0 aliphatic heterocycles. The summed E-state index contributed by atoms with van der Waals surface area (Å²) >= 11 is 6.09. The molecule has 1 N–H and O–H groups in total. The first-order chi connectivity index (χ1) is 8.25. The molecule has 0 spiro atoms. The molecule has 0 fully saturated rings. The third kappa shape index (κ3) is 3.86. The predicted octanol–water partition coefficient (Wildman–Crippen LogP) is 4.24. The van der Waals surface area contributed by atoms with Gasteiger partial charge in [0.25, 0.3) is 0 Å². The van der Waals surface area contributed by atoms with E-state index in [4.69, 9.17) is 11.6 Å². The van der Waals surface area contributed by atoms with Crippen LogP contribution in [0.4, 0.5) is 0 Å². The minimum atomic E-state index is 0.864. The van der Waals surface area contributed by atoms with Gasteiger partial charge in [0.1, 0.15) is 0 Å². The third-order valence-corrected chi connectivity index (χ3v) is 3.73. The van der Waals surface area contributed by atoms with E-state index in [0.717, 1.165) is 23.7 Å². The Bertz CT molecular complexity index is 409. The SMILES string of the molecule is Cc1ccc(CNCCC2=CCCC2)cc1Cl. The predicted molar refractivity (Wildman–Crippen MR) is 74.4 cm³/mol. The van der Waals surface area contributed by atoms with Crippen molar-refractivity contribution in [1.82, 2.24) is 5.32 Å². The van der Waals surface area contributed by atoms with E-state index in [-0.39, 0.29) is 0 Å². The number of allylic oxidation sites excluding steroid dienone is 1.